The predicted octanol–water partition coefficient (Wildman–Crippen LogP) is 1.53. The zero-order chi connectivity index (χ0) is 13.2. The van der Waals surface area contributed by atoms with Gasteiger partial charge in [-0.15, -0.1) is 10.2 Å². The second-order valence-corrected chi connectivity index (χ2v) is 5.15. The number of fused-ring (bicyclic) bond motifs is 1. The maximum Gasteiger partial charge on any atom is 0.234 e. The van der Waals surface area contributed by atoms with E-state index in [1.54, 1.807) is 4.52 Å². The van der Waals surface area contributed by atoms with Crippen LogP contribution in [0.15, 0.2) is 24.3 Å². The average molecular weight is 275 g/mol. The van der Waals surface area contributed by atoms with Gasteiger partial charge in [-0.2, -0.15) is 9.61 Å². The lowest BCUT2D eigenvalue weighted by molar-refractivity contribution is 0.292. The fraction of sp³-hybridized carbons (Fsp3) is 0.250. The second kappa shape index (κ2) is 4.94. The summed E-state index contributed by atoms with van der Waals surface area (Å²) in [5.41, 5.74) is 6.76. The Bertz CT molecular complexity index is 688. The fourth-order valence-corrected chi connectivity index (χ4v) is 2.38. The van der Waals surface area contributed by atoms with Gasteiger partial charge in [0.15, 0.2) is 5.82 Å². The van der Waals surface area contributed by atoms with E-state index in [4.69, 9.17) is 10.5 Å². The van der Waals surface area contributed by atoms with Crippen LogP contribution in [0.3, 0.4) is 0 Å². The normalized spacial score (nSPS) is 11.1. The highest BCUT2D eigenvalue weighted by Gasteiger charge is 2.11. The summed E-state index contributed by atoms with van der Waals surface area (Å²) in [6.45, 7) is 2.78. The van der Waals surface area contributed by atoms with Gasteiger partial charge in [0.1, 0.15) is 17.4 Å². The van der Waals surface area contributed by atoms with Gasteiger partial charge in [-0.25, -0.2) is 0 Å². The molecule has 0 aliphatic heterocycles. The van der Waals surface area contributed by atoms with Crippen LogP contribution < -0.4 is 10.5 Å². The van der Waals surface area contributed by atoms with Crippen LogP contribution in [0.4, 0.5) is 0 Å². The molecule has 0 radical (unpaired) electrons. The highest BCUT2D eigenvalue weighted by Crippen LogP contribution is 2.16. The molecule has 0 unspecified atom stereocenters. The molecule has 2 N–H and O–H groups in total. The Morgan fingerprint density at radius 2 is 2.05 bits per heavy atom. The van der Waals surface area contributed by atoms with Crippen LogP contribution in [0.5, 0.6) is 5.75 Å². The van der Waals surface area contributed by atoms with Gasteiger partial charge >= 0.3 is 0 Å². The van der Waals surface area contributed by atoms with Crippen LogP contribution in [0.2, 0.25) is 0 Å². The number of benzene rings is 1. The van der Waals surface area contributed by atoms with Gasteiger partial charge in [0.2, 0.25) is 4.96 Å². The molecule has 0 spiro atoms. The van der Waals surface area contributed by atoms with E-state index in [9.17, 15) is 0 Å². The minimum atomic E-state index is 0.331. The second-order valence-electron chi connectivity index (χ2n) is 4.11. The number of nitrogens with two attached hydrogens (primary N) is 1. The number of aromatic nitrogens is 4. The first-order valence-corrected chi connectivity index (χ1v) is 6.67. The molecular formula is C12H13N5OS. The zero-order valence-corrected chi connectivity index (χ0v) is 11.2. The molecule has 98 valence electrons. The third kappa shape index (κ3) is 2.42. The first-order valence-electron chi connectivity index (χ1n) is 5.86. The van der Waals surface area contributed by atoms with Gasteiger partial charge in [0.25, 0.3) is 0 Å². The Hall–Kier alpha value is -1.99. The highest BCUT2D eigenvalue weighted by molar-refractivity contribution is 7.16. The van der Waals surface area contributed by atoms with Crippen LogP contribution in [0.25, 0.3) is 4.96 Å². The summed E-state index contributed by atoms with van der Waals surface area (Å²) in [6.07, 6.45) is 0. The summed E-state index contributed by atoms with van der Waals surface area (Å²) in [5, 5.41) is 13.3. The van der Waals surface area contributed by atoms with E-state index in [-0.39, 0.29) is 0 Å². The fourth-order valence-electron chi connectivity index (χ4n) is 1.65. The van der Waals surface area contributed by atoms with Crippen LogP contribution in [0, 0.1) is 6.92 Å². The number of rotatable bonds is 4. The van der Waals surface area contributed by atoms with E-state index in [2.05, 4.69) is 15.3 Å². The van der Waals surface area contributed by atoms with Crippen LogP contribution >= 0.6 is 11.3 Å². The van der Waals surface area contributed by atoms with Crippen molar-refractivity contribution in [2.24, 2.45) is 5.73 Å². The molecule has 0 saturated heterocycles. The van der Waals surface area contributed by atoms with Crippen LogP contribution in [-0.2, 0) is 13.2 Å². The Morgan fingerprint density at radius 1 is 1.26 bits per heavy atom. The summed E-state index contributed by atoms with van der Waals surface area (Å²) in [7, 11) is 0. The topological polar surface area (TPSA) is 78.3 Å². The standard InChI is InChI=1S/C12H13N5OS/c1-8-2-4-9(5-3-8)18-7-10-14-15-12-17(10)16-11(6-13)19-12/h2-5H,6-7,13H2,1H3. The van der Waals surface area contributed by atoms with Gasteiger partial charge in [-0.05, 0) is 19.1 Å². The molecule has 0 aliphatic carbocycles. The molecule has 6 nitrogen and oxygen atoms in total. The largest absolute Gasteiger partial charge is 0.486 e. The van der Waals surface area contributed by atoms with Gasteiger partial charge in [0.05, 0.1) is 0 Å². The third-order valence-corrected chi connectivity index (χ3v) is 3.58. The number of nitrogens with zero attached hydrogens (tertiary/aromatic N) is 4. The SMILES string of the molecule is Cc1ccc(OCc2nnc3sc(CN)nn23)cc1. The zero-order valence-electron chi connectivity index (χ0n) is 10.4. The van der Waals surface area contributed by atoms with E-state index >= 15 is 0 Å². The predicted molar refractivity (Wildman–Crippen MR) is 72.1 cm³/mol. The minimum absolute atomic E-state index is 0.331. The maximum atomic E-state index is 5.67. The van der Waals surface area contributed by atoms with E-state index in [1.807, 2.05) is 31.2 Å². The summed E-state index contributed by atoms with van der Waals surface area (Å²) in [5.74, 6) is 1.48. The molecule has 0 atom stereocenters. The third-order valence-electron chi connectivity index (χ3n) is 2.66. The smallest absolute Gasteiger partial charge is 0.234 e. The average Bonchev–Trinajstić information content (AvgIpc) is 2.98. The number of hydrogen-bond donors (Lipinski definition) is 1. The molecule has 7 heteroatoms. The molecule has 0 saturated carbocycles. The van der Waals surface area contributed by atoms with Crippen molar-refractivity contribution in [3.63, 3.8) is 0 Å². The molecule has 2 heterocycles. The summed E-state index contributed by atoms with van der Waals surface area (Å²) in [4.78, 5) is 0.739. The quantitative estimate of drug-likeness (QED) is 0.781. The lowest BCUT2D eigenvalue weighted by Gasteiger charge is -2.03. The molecule has 0 bridgehead atoms. The molecule has 2 aromatic heterocycles. The number of hydrogen-bond acceptors (Lipinski definition) is 6. The Labute approximate surface area is 113 Å². The van der Waals surface area contributed by atoms with Gasteiger partial charge in [-0.3, -0.25) is 0 Å². The van der Waals surface area contributed by atoms with Crippen molar-refractivity contribution < 1.29 is 4.74 Å². The lowest BCUT2D eigenvalue weighted by atomic mass is 10.2. The van der Waals surface area contributed by atoms with Crippen molar-refractivity contribution in [1.82, 2.24) is 19.8 Å². The van der Waals surface area contributed by atoms with E-state index < -0.39 is 0 Å². The van der Waals surface area contributed by atoms with E-state index in [0.717, 1.165) is 15.7 Å². The van der Waals surface area contributed by atoms with Crippen molar-refractivity contribution >= 4 is 16.3 Å². The molecular weight excluding hydrogens is 262 g/mol. The van der Waals surface area contributed by atoms with Crippen molar-refractivity contribution in [2.75, 3.05) is 0 Å². The molecule has 0 aliphatic rings. The Kier molecular flexibility index (Phi) is 3.14. The van der Waals surface area contributed by atoms with Crippen molar-refractivity contribution in [2.45, 2.75) is 20.1 Å². The van der Waals surface area contributed by atoms with Crippen molar-refractivity contribution in [3.05, 3.63) is 40.7 Å². The Morgan fingerprint density at radius 3 is 2.79 bits per heavy atom. The molecule has 19 heavy (non-hydrogen) atoms. The van der Waals surface area contributed by atoms with Gasteiger partial charge in [-0.1, -0.05) is 29.0 Å². The van der Waals surface area contributed by atoms with Crippen molar-refractivity contribution in [3.8, 4) is 5.75 Å². The molecule has 1 aromatic carbocycles. The lowest BCUT2D eigenvalue weighted by Crippen LogP contribution is -2.03. The molecule has 3 aromatic rings. The summed E-state index contributed by atoms with van der Waals surface area (Å²) < 4.78 is 7.35. The van der Waals surface area contributed by atoms with Crippen molar-refractivity contribution in [1.29, 1.82) is 0 Å². The molecule has 0 fully saturated rings. The first kappa shape index (κ1) is 12.1. The highest BCUT2D eigenvalue weighted by atomic mass is 32.1. The van der Waals surface area contributed by atoms with Gasteiger partial charge < -0.3 is 10.5 Å². The van der Waals surface area contributed by atoms with E-state index in [0.29, 0.717) is 19.0 Å². The molecule has 0 amide bonds. The number of ether oxygens (including phenoxy) is 1. The summed E-state index contributed by atoms with van der Waals surface area (Å²) in [6, 6.07) is 7.87. The minimum Gasteiger partial charge on any atom is -0.486 e. The number of aryl methyl sites for hydroxylation is 1. The Balaban J connectivity index is 1.77. The monoisotopic (exact) mass is 275 g/mol. The van der Waals surface area contributed by atoms with Crippen LogP contribution in [0.1, 0.15) is 16.4 Å². The van der Waals surface area contributed by atoms with Gasteiger partial charge in [0, 0.05) is 6.54 Å². The first-order chi connectivity index (χ1) is 9.26. The maximum absolute atomic E-state index is 5.67. The molecule has 3 rings (SSSR count). The van der Waals surface area contributed by atoms with E-state index in [1.165, 1.54) is 16.9 Å². The van der Waals surface area contributed by atoms with Crippen LogP contribution in [-0.4, -0.2) is 19.8 Å². The summed E-state index contributed by atoms with van der Waals surface area (Å²) >= 11 is 1.44.